The summed E-state index contributed by atoms with van der Waals surface area (Å²) in [4.78, 5) is 17.9. The number of hydrogen-bond acceptors (Lipinski definition) is 42. The van der Waals surface area contributed by atoms with Gasteiger partial charge in [-0.1, -0.05) is 0 Å². The van der Waals surface area contributed by atoms with Crippen LogP contribution in [0.4, 0.5) is 0 Å². The number of rotatable bonds is 53. The van der Waals surface area contributed by atoms with Crippen LogP contribution in [-0.4, -0.2) is 410 Å². The third kappa shape index (κ3) is 13.1. The van der Waals surface area contributed by atoms with Gasteiger partial charge in [0.05, 0.1) is 126 Å². The fourth-order valence-electron chi connectivity index (χ4n) is 11.1. The van der Waals surface area contributed by atoms with Gasteiger partial charge in [0.15, 0.2) is 55.8 Å². The Hall–Kier alpha value is -2.13. The van der Waals surface area contributed by atoms with E-state index < -0.39 is 265 Å². The monoisotopic (exact) mass is 1270 g/mol. The van der Waals surface area contributed by atoms with E-state index in [1.807, 2.05) is 0 Å². The normalized spacial score (nSPS) is 16.0. The molecule has 3 atom stereocenters. The lowest BCUT2D eigenvalue weighted by Gasteiger charge is -2.79. The highest BCUT2D eigenvalue weighted by Gasteiger charge is 3.01. The van der Waals surface area contributed by atoms with Crippen molar-refractivity contribution in [2.75, 3.05) is 187 Å². The molecule has 0 aromatic rings. The van der Waals surface area contributed by atoms with E-state index in [0.29, 0.717) is 0 Å². The molecule has 42 nitrogen and oxygen atoms in total. The largest absolute Gasteiger partial charge is 0.468 e. The Kier molecular flexibility index (Phi) is 35.1. The molecule has 0 bridgehead atoms. The van der Waals surface area contributed by atoms with Gasteiger partial charge in [-0.25, -0.2) is 0 Å². The van der Waals surface area contributed by atoms with Gasteiger partial charge in [0.1, 0.15) is 67.2 Å². The molecule has 0 aliphatic rings. The van der Waals surface area contributed by atoms with Crippen LogP contribution < -0.4 is 0 Å². The summed E-state index contributed by atoms with van der Waals surface area (Å²) >= 11 is 0. The molecule has 0 fully saturated rings. The first kappa shape index (κ1) is 82.9. The Morgan fingerprint density at radius 2 is 0.506 bits per heavy atom. The van der Waals surface area contributed by atoms with E-state index in [-0.39, 0.29) is 7.11 Å². The minimum absolute atomic E-state index is 0.0123. The second-order valence-electron chi connectivity index (χ2n) is 18.0. The fraction of sp³-hybridized carbons (Fsp3) is 0.977. The molecule has 85 heavy (non-hydrogen) atoms. The number of ether oxygens (including phenoxy) is 13. The van der Waals surface area contributed by atoms with Gasteiger partial charge >= 0.3 is 5.97 Å². The van der Waals surface area contributed by atoms with Crippen molar-refractivity contribution < 1.29 is 209 Å². The molecule has 0 aliphatic carbocycles. The first-order valence-corrected chi connectivity index (χ1v) is 24.5. The van der Waals surface area contributed by atoms with Gasteiger partial charge in [-0.05, 0) is 0 Å². The number of hydrogen-bond donors (Lipinski definition) is 28. The Morgan fingerprint density at radius 1 is 0.294 bits per heavy atom. The smallest absolute Gasteiger partial charge is 0.321 e. The number of aliphatic hydroxyl groups excluding tert-OH is 28. The highest BCUT2D eigenvalue weighted by molar-refractivity contribution is 5.86. The van der Waals surface area contributed by atoms with Crippen LogP contribution in [0.1, 0.15) is 0 Å². The predicted molar refractivity (Wildman–Crippen MR) is 258 cm³/mol. The summed E-state index contributed by atoms with van der Waals surface area (Å²) in [6.07, 6.45) is -3.81. The fourth-order valence-corrected chi connectivity index (χ4v) is 11.1. The number of carbonyl (C=O) groups is 1. The third-order valence-electron chi connectivity index (χ3n) is 14.9. The van der Waals surface area contributed by atoms with E-state index >= 15 is 4.79 Å². The molecule has 0 aromatic heterocycles. The van der Waals surface area contributed by atoms with Crippen molar-refractivity contribution in [1.29, 1.82) is 0 Å². The van der Waals surface area contributed by atoms with E-state index in [0.717, 1.165) is 0 Å². The molecule has 0 radical (unpaired) electrons. The molecule has 0 spiro atoms. The van der Waals surface area contributed by atoms with Crippen LogP contribution in [0.3, 0.4) is 0 Å². The van der Waals surface area contributed by atoms with Crippen molar-refractivity contribution in [2.45, 2.75) is 73.9 Å². The first-order chi connectivity index (χ1) is 40.4. The van der Waals surface area contributed by atoms with E-state index in [2.05, 4.69) is 0 Å². The number of carbonyl (C=O) groups excluding carboxylic acids is 1. The Balaban J connectivity index is 14.9. The van der Waals surface area contributed by atoms with Crippen LogP contribution in [0, 0.1) is 5.41 Å². The summed E-state index contributed by atoms with van der Waals surface area (Å²) in [5, 5.41) is 329. The van der Waals surface area contributed by atoms with Crippen LogP contribution >= 0.6 is 0 Å². The van der Waals surface area contributed by atoms with Crippen LogP contribution in [0.5, 0.6) is 0 Å². The summed E-state index contributed by atoms with van der Waals surface area (Å²) in [7, 11) is 0.0123. The lowest BCUT2D eigenvalue weighted by molar-refractivity contribution is -0.539. The van der Waals surface area contributed by atoms with E-state index in [1.54, 1.807) is 0 Å². The summed E-state index contributed by atoms with van der Waals surface area (Å²) < 4.78 is 74.4. The first-order valence-electron chi connectivity index (χ1n) is 24.5. The van der Waals surface area contributed by atoms with Gasteiger partial charge in [-0.3, -0.25) is 4.79 Å². The third-order valence-corrected chi connectivity index (χ3v) is 14.9. The average molecular weight is 1280 g/mol. The molecular weight excluding hydrogens is 1190 g/mol. The minimum atomic E-state index is -6.27. The van der Waals surface area contributed by atoms with Gasteiger partial charge in [-0.2, -0.15) is 0 Å². The van der Waals surface area contributed by atoms with E-state index in [4.69, 9.17) is 61.6 Å². The Bertz CT molecular complexity index is 1680. The van der Waals surface area contributed by atoms with Crippen LogP contribution in [0.15, 0.2) is 0 Å². The van der Waals surface area contributed by atoms with Gasteiger partial charge in [-0.15, -0.1) is 0 Å². The number of methoxy groups -OCH3 is 1. The SMILES string of the molecule is COC(=O)C(C(OC(CO)(CO)OCO)(C(CO)(CO)OCO)C(CO)(CO)OCO)(C(OC(CO)(CO)OCO)(C(CO)(CO)OCO)C(CO)(CO)OCO)C(OC(CO)(CO)OCO)(C(CO)(CO)OCO)C(CO)(OCO)C(O)CO. The van der Waals surface area contributed by atoms with Gasteiger partial charge in [0.2, 0.25) is 17.4 Å². The van der Waals surface area contributed by atoms with Crippen molar-refractivity contribution in [3.63, 3.8) is 0 Å². The zero-order valence-corrected chi connectivity index (χ0v) is 45.9. The maximum atomic E-state index is 17.9. The summed E-state index contributed by atoms with van der Waals surface area (Å²) in [5.74, 6) is -16.1. The maximum Gasteiger partial charge on any atom is 0.321 e. The average Bonchev–Trinajstić information content (AvgIpc) is 0.627. The Labute approximate surface area is 481 Å². The molecule has 0 rings (SSSR count). The van der Waals surface area contributed by atoms with Crippen molar-refractivity contribution in [2.24, 2.45) is 5.41 Å². The second-order valence-corrected chi connectivity index (χ2v) is 18.0. The summed E-state index contributed by atoms with van der Waals surface area (Å²) in [5.41, 5.74) is -52.7. The lowest BCUT2D eigenvalue weighted by Crippen LogP contribution is -3.03. The molecule has 0 aliphatic heterocycles. The summed E-state index contributed by atoms with van der Waals surface area (Å²) in [6.45, 7) is -66.5. The van der Waals surface area contributed by atoms with Crippen LogP contribution in [0.25, 0.3) is 0 Å². The number of aliphatic hydroxyl groups is 28. The maximum absolute atomic E-state index is 17.9. The van der Waals surface area contributed by atoms with E-state index in [1.165, 1.54) is 0 Å². The molecule has 42 heteroatoms. The quantitative estimate of drug-likeness (QED) is 0.0199. The topological polar surface area (TPSA) is 704 Å². The lowest BCUT2D eigenvalue weighted by atomic mass is 9.34. The van der Waals surface area contributed by atoms with Gasteiger partial charge in [0.25, 0.3) is 0 Å². The predicted octanol–water partition coefficient (Wildman–Crippen LogP) is -18.1. The van der Waals surface area contributed by atoms with Crippen molar-refractivity contribution in [3.05, 3.63) is 0 Å². The molecule has 0 amide bonds. The van der Waals surface area contributed by atoms with Crippen molar-refractivity contribution in [1.82, 2.24) is 0 Å². The molecule has 0 saturated heterocycles. The number of esters is 1. The zero-order chi connectivity index (χ0) is 65.9. The highest BCUT2D eigenvalue weighted by Crippen LogP contribution is 2.75. The summed E-state index contributed by atoms with van der Waals surface area (Å²) in [6, 6.07) is 0. The van der Waals surface area contributed by atoms with Crippen molar-refractivity contribution >= 4 is 5.97 Å². The zero-order valence-electron chi connectivity index (χ0n) is 45.9. The molecule has 0 saturated carbocycles. The van der Waals surface area contributed by atoms with Gasteiger partial charge < -0.3 is 205 Å². The molecule has 28 N–H and O–H groups in total. The second kappa shape index (κ2) is 36.1. The van der Waals surface area contributed by atoms with Crippen molar-refractivity contribution in [3.8, 4) is 0 Å². The minimum Gasteiger partial charge on any atom is -0.468 e. The van der Waals surface area contributed by atoms with E-state index in [9.17, 15) is 143 Å². The van der Waals surface area contributed by atoms with Crippen LogP contribution in [0.2, 0.25) is 0 Å². The molecule has 510 valence electrons. The highest BCUT2D eigenvalue weighted by atomic mass is 16.8. The van der Waals surface area contributed by atoms with Crippen LogP contribution in [-0.2, 0) is 66.4 Å². The molecule has 3 unspecified atom stereocenters. The van der Waals surface area contributed by atoms with Gasteiger partial charge in [0, 0.05) is 0 Å². The molecular formula is C43H86O42. The Morgan fingerprint density at radius 3 is 0.671 bits per heavy atom. The molecule has 0 heterocycles. The molecule has 0 aromatic carbocycles. The standard InChI is InChI=1S/C43H86O42/c1-73-30(72)40(41(31(3-45,4-46)74-20-62,32(5-47,6-48)75-21-63)83-36(13-55,14-56)79-25-67,42(33(7-49,8-50)76-22-64,34(9-51,10-52)77-23-65)84-37(15-57,16-58)80-26-68)43(35(11-53,12-54)78-24-66,85-38(17-59,18-60)81-27-69)39(19-61,82-28-70)29(71)2-44/h29,44-71H,2-28H2,1H3.